The molecule has 3 aromatic rings. The van der Waals surface area contributed by atoms with E-state index in [-0.39, 0.29) is 24.6 Å². The van der Waals surface area contributed by atoms with E-state index >= 15 is 0 Å². The second kappa shape index (κ2) is 8.52. The molecule has 0 unspecified atom stereocenters. The number of hydrogen-bond donors (Lipinski definition) is 3. The van der Waals surface area contributed by atoms with Gasteiger partial charge < -0.3 is 16.1 Å². The monoisotopic (exact) mass is 383 g/mol. The van der Waals surface area contributed by atoms with Gasteiger partial charge in [0.05, 0.1) is 23.2 Å². The van der Waals surface area contributed by atoms with Crippen LogP contribution in [0.2, 0.25) is 0 Å². The van der Waals surface area contributed by atoms with Gasteiger partial charge in [0.15, 0.2) is 0 Å². The molecular formula is C19H21N5O2S. The third-order valence-corrected chi connectivity index (χ3v) is 4.94. The SMILES string of the molecule is N/C(=C\N(N)Cc1ccccc1)CNC(=O)Cn1sc2ccccc2c1=O. The highest BCUT2D eigenvalue weighted by Gasteiger charge is 2.10. The lowest BCUT2D eigenvalue weighted by atomic mass is 10.2. The van der Waals surface area contributed by atoms with Gasteiger partial charge in [-0.15, -0.1) is 0 Å². The van der Waals surface area contributed by atoms with E-state index in [1.165, 1.54) is 20.5 Å². The Bertz CT molecular complexity index is 1010. The molecule has 0 bridgehead atoms. The standard InChI is InChI=1S/C19H21N5O2S/c20-15(12-23(21)11-14-6-2-1-3-7-14)10-22-18(25)13-24-19(26)16-8-4-5-9-17(16)27-24/h1-9,12H,10-11,13,20-21H2,(H,22,25)/b15-12-. The molecule has 0 saturated carbocycles. The number of nitrogens with two attached hydrogens (primary N) is 2. The number of carbonyl (C=O) groups excluding carboxylic acids is 1. The minimum absolute atomic E-state index is 0.0399. The Hall–Kier alpha value is -3.10. The van der Waals surface area contributed by atoms with Crippen molar-refractivity contribution in [1.82, 2.24) is 14.3 Å². The Morgan fingerprint density at radius 1 is 1.15 bits per heavy atom. The maximum atomic E-state index is 12.3. The molecule has 1 heterocycles. The number of rotatable bonds is 7. The molecule has 3 rings (SSSR count). The number of fused-ring (bicyclic) bond motifs is 1. The van der Waals surface area contributed by atoms with Gasteiger partial charge in [0, 0.05) is 11.9 Å². The first-order valence-corrected chi connectivity index (χ1v) is 9.17. The summed E-state index contributed by atoms with van der Waals surface area (Å²) in [6, 6.07) is 17.0. The number of amides is 1. The van der Waals surface area contributed by atoms with Gasteiger partial charge in [-0.3, -0.25) is 13.5 Å². The van der Waals surface area contributed by atoms with Gasteiger partial charge in [-0.25, -0.2) is 5.84 Å². The molecule has 0 atom stereocenters. The Morgan fingerprint density at radius 2 is 1.85 bits per heavy atom. The van der Waals surface area contributed by atoms with Crippen molar-refractivity contribution in [1.29, 1.82) is 0 Å². The zero-order valence-corrected chi connectivity index (χ0v) is 15.5. The first kappa shape index (κ1) is 18.7. The molecule has 1 aromatic heterocycles. The molecule has 0 saturated heterocycles. The van der Waals surface area contributed by atoms with Crippen LogP contribution in [0.15, 0.2) is 71.3 Å². The first-order chi connectivity index (χ1) is 13.0. The van der Waals surface area contributed by atoms with Crippen molar-refractivity contribution in [2.75, 3.05) is 6.54 Å². The molecule has 7 nitrogen and oxygen atoms in total. The number of carbonyl (C=O) groups is 1. The Kier molecular flexibility index (Phi) is 5.90. The lowest BCUT2D eigenvalue weighted by molar-refractivity contribution is -0.121. The van der Waals surface area contributed by atoms with Crippen LogP contribution in [0.1, 0.15) is 5.56 Å². The number of aromatic nitrogens is 1. The number of nitrogens with zero attached hydrogens (tertiary/aromatic N) is 2. The third kappa shape index (κ3) is 4.96. The molecule has 27 heavy (non-hydrogen) atoms. The van der Waals surface area contributed by atoms with Gasteiger partial charge in [0.2, 0.25) is 5.91 Å². The zero-order chi connectivity index (χ0) is 19.2. The van der Waals surface area contributed by atoms with E-state index < -0.39 is 0 Å². The normalized spacial score (nSPS) is 11.5. The van der Waals surface area contributed by atoms with E-state index in [4.69, 9.17) is 11.6 Å². The van der Waals surface area contributed by atoms with E-state index in [0.29, 0.717) is 17.6 Å². The number of hydrogen-bond acceptors (Lipinski definition) is 6. The van der Waals surface area contributed by atoms with E-state index in [1.807, 2.05) is 42.5 Å². The highest BCUT2D eigenvalue weighted by atomic mass is 32.1. The second-order valence-electron chi connectivity index (χ2n) is 6.07. The zero-order valence-electron chi connectivity index (χ0n) is 14.7. The fourth-order valence-electron chi connectivity index (χ4n) is 2.61. The average Bonchev–Trinajstić information content (AvgIpc) is 2.97. The van der Waals surface area contributed by atoms with Crippen molar-refractivity contribution in [3.05, 3.63) is 82.4 Å². The van der Waals surface area contributed by atoms with Gasteiger partial charge in [0.25, 0.3) is 5.56 Å². The fraction of sp³-hybridized carbons (Fsp3) is 0.158. The molecule has 0 aliphatic carbocycles. The first-order valence-electron chi connectivity index (χ1n) is 8.40. The van der Waals surface area contributed by atoms with E-state index in [2.05, 4.69) is 5.32 Å². The molecule has 5 N–H and O–H groups in total. The minimum atomic E-state index is -0.286. The van der Waals surface area contributed by atoms with Crippen molar-refractivity contribution < 1.29 is 4.79 Å². The molecule has 0 aliphatic heterocycles. The van der Waals surface area contributed by atoms with Crippen LogP contribution in [0.4, 0.5) is 0 Å². The summed E-state index contributed by atoms with van der Waals surface area (Å²) in [6.45, 7) is 0.620. The summed E-state index contributed by atoms with van der Waals surface area (Å²) in [6.07, 6.45) is 1.58. The Balaban J connectivity index is 1.53. The van der Waals surface area contributed by atoms with Crippen molar-refractivity contribution in [2.45, 2.75) is 13.1 Å². The van der Waals surface area contributed by atoms with Crippen LogP contribution in [-0.2, 0) is 17.9 Å². The predicted molar refractivity (Wildman–Crippen MR) is 108 cm³/mol. The van der Waals surface area contributed by atoms with Crippen LogP contribution in [0.5, 0.6) is 0 Å². The van der Waals surface area contributed by atoms with Crippen LogP contribution in [0, 0.1) is 0 Å². The van der Waals surface area contributed by atoms with Gasteiger partial charge in [0.1, 0.15) is 6.54 Å². The largest absolute Gasteiger partial charge is 0.399 e. The molecule has 8 heteroatoms. The fourth-order valence-corrected chi connectivity index (χ4v) is 3.60. The van der Waals surface area contributed by atoms with Crippen molar-refractivity contribution >= 4 is 27.5 Å². The van der Waals surface area contributed by atoms with Crippen LogP contribution >= 0.6 is 11.5 Å². The van der Waals surface area contributed by atoms with Crippen LogP contribution < -0.4 is 22.5 Å². The molecule has 1 amide bonds. The smallest absolute Gasteiger partial charge is 0.268 e. The summed E-state index contributed by atoms with van der Waals surface area (Å²) in [4.78, 5) is 24.4. The lowest BCUT2D eigenvalue weighted by Gasteiger charge is -2.15. The summed E-state index contributed by atoms with van der Waals surface area (Å²) < 4.78 is 2.29. The molecule has 2 aromatic carbocycles. The molecule has 140 valence electrons. The van der Waals surface area contributed by atoms with Crippen LogP contribution in [-0.4, -0.2) is 21.4 Å². The van der Waals surface area contributed by atoms with Gasteiger partial charge in [-0.2, -0.15) is 0 Å². The summed E-state index contributed by atoms with van der Waals surface area (Å²) in [5.41, 5.74) is 7.23. The highest BCUT2D eigenvalue weighted by molar-refractivity contribution is 7.13. The maximum absolute atomic E-state index is 12.3. The summed E-state index contributed by atoms with van der Waals surface area (Å²) >= 11 is 1.27. The second-order valence-corrected chi connectivity index (χ2v) is 7.13. The van der Waals surface area contributed by atoms with E-state index in [0.717, 1.165) is 10.3 Å². The van der Waals surface area contributed by atoms with Crippen LogP contribution in [0.25, 0.3) is 10.1 Å². The van der Waals surface area contributed by atoms with Crippen molar-refractivity contribution in [3.63, 3.8) is 0 Å². The number of nitrogens with one attached hydrogen (secondary N) is 1. The molecule has 0 radical (unpaired) electrons. The highest BCUT2D eigenvalue weighted by Crippen LogP contribution is 2.15. The topological polar surface area (TPSA) is 106 Å². The van der Waals surface area contributed by atoms with Crippen molar-refractivity contribution in [2.24, 2.45) is 11.6 Å². The number of hydrazine groups is 1. The summed E-state index contributed by atoms with van der Waals surface area (Å²) in [5.74, 6) is 5.63. The van der Waals surface area contributed by atoms with Crippen LogP contribution in [0.3, 0.4) is 0 Å². The van der Waals surface area contributed by atoms with E-state index in [1.54, 1.807) is 18.3 Å². The number of benzene rings is 2. The minimum Gasteiger partial charge on any atom is -0.399 e. The summed E-state index contributed by atoms with van der Waals surface area (Å²) in [5, 5.41) is 4.79. The predicted octanol–water partition coefficient (Wildman–Crippen LogP) is 1.36. The molecule has 0 aliphatic rings. The lowest BCUT2D eigenvalue weighted by Crippen LogP contribution is -2.34. The van der Waals surface area contributed by atoms with E-state index in [9.17, 15) is 9.59 Å². The third-order valence-electron chi connectivity index (χ3n) is 3.87. The quantitative estimate of drug-likeness (QED) is 0.422. The summed E-state index contributed by atoms with van der Waals surface area (Å²) in [7, 11) is 0. The average molecular weight is 383 g/mol. The van der Waals surface area contributed by atoms with Gasteiger partial charge in [-0.1, -0.05) is 54.0 Å². The maximum Gasteiger partial charge on any atom is 0.268 e. The Morgan fingerprint density at radius 3 is 2.59 bits per heavy atom. The Labute approximate surface area is 160 Å². The van der Waals surface area contributed by atoms with Gasteiger partial charge >= 0.3 is 0 Å². The molecule has 0 fully saturated rings. The van der Waals surface area contributed by atoms with Crippen molar-refractivity contribution in [3.8, 4) is 0 Å². The molecular weight excluding hydrogens is 362 g/mol. The van der Waals surface area contributed by atoms with Gasteiger partial charge in [-0.05, 0) is 17.7 Å². The molecule has 0 spiro atoms.